The van der Waals surface area contributed by atoms with Crippen LogP contribution in [0.2, 0.25) is 5.02 Å². The molecule has 0 atom stereocenters. The largest absolute Gasteiger partial charge is 0.497 e. The number of halogens is 1. The maximum absolute atomic E-state index is 13.1. The summed E-state index contributed by atoms with van der Waals surface area (Å²) in [7, 11) is -2.41. The van der Waals surface area contributed by atoms with Gasteiger partial charge in [-0.3, -0.25) is 14.3 Å². The third-order valence-electron chi connectivity index (χ3n) is 5.17. The number of carbonyl (C=O) groups excluding carboxylic acids is 2. The Morgan fingerprint density at radius 1 is 1.08 bits per heavy atom. The van der Waals surface area contributed by atoms with E-state index in [0.717, 1.165) is 4.70 Å². The van der Waals surface area contributed by atoms with Crippen molar-refractivity contribution in [3.05, 3.63) is 82.1 Å². The van der Waals surface area contributed by atoms with Crippen LogP contribution in [0.4, 0.5) is 5.69 Å². The Morgan fingerprint density at radius 2 is 1.84 bits per heavy atom. The lowest BCUT2D eigenvalue weighted by Gasteiger charge is -2.09. The second-order valence-electron chi connectivity index (χ2n) is 7.67. The molecular formula is C25H22ClN3O6S2. The summed E-state index contributed by atoms with van der Waals surface area (Å²) in [6, 6.07) is 17.1. The number of sulfonamides is 1. The predicted octanol–water partition coefficient (Wildman–Crippen LogP) is 4.47. The first-order valence-electron chi connectivity index (χ1n) is 11.0. The quantitative estimate of drug-likeness (QED) is 0.318. The molecule has 0 aliphatic heterocycles. The van der Waals surface area contributed by atoms with Gasteiger partial charge in [-0.15, -0.1) is 0 Å². The van der Waals surface area contributed by atoms with E-state index >= 15 is 0 Å². The molecule has 0 spiro atoms. The Balaban J connectivity index is 1.66. The molecule has 0 bridgehead atoms. The van der Waals surface area contributed by atoms with Gasteiger partial charge >= 0.3 is 5.97 Å². The first kappa shape index (κ1) is 26.4. The van der Waals surface area contributed by atoms with E-state index in [-0.39, 0.29) is 34.1 Å². The molecule has 9 nitrogen and oxygen atoms in total. The van der Waals surface area contributed by atoms with E-state index in [2.05, 4.69) is 9.71 Å². The number of esters is 1. The number of rotatable bonds is 8. The second-order valence-corrected chi connectivity index (χ2v) is 10.8. The number of hydrogen-bond donors (Lipinski definition) is 1. The molecule has 0 aliphatic carbocycles. The van der Waals surface area contributed by atoms with Gasteiger partial charge in [-0.25, -0.2) is 8.42 Å². The van der Waals surface area contributed by atoms with Gasteiger partial charge in [-0.2, -0.15) is 4.99 Å². The van der Waals surface area contributed by atoms with E-state index in [0.29, 0.717) is 16.3 Å². The first-order valence-corrected chi connectivity index (χ1v) is 13.7. The van der Waals surface area contributed by atoms with Crippen molar-refractivity contribution in [2.45, 2.75) is 18.4 Å². The molecule has 1 amide bonds. The van der Waals surface area contributed by atoms with Gasteiger partial charge in [-0.05, 0) is 67.6 Å². The smallest absolute Gasteiger partial charge is 0.326 e. The monoisotopic (exact) mass is 559 g/mol. The van der Waals surface area contributed by atoms with E-state index in [1.165, 1.54) is 60.9 Å². The minimum absolute atomic E-state index is 0.0404. The average molecular weight is 560 g/mol. The summed E-state index contributed by atoms with van der Waals surface area (Å²) in [6.07, 6.45) is 0. The average Bonchev–Trinajstić information content (AvgIpc) is 3.19. The van der Waals surface area contributed by atoms with Gasteiger partial charge in [0, 0.05) is 16.3 Å². The lowest BCUT2D eigenvalue weighted by atomic mass is 10.2. The van der Waals surface area contributed by atoms with Crippen molar-refractivity contribution in [2.75, 3.05) is 18.4 Å². The first-order chi connectivity index (χ1) is 17.7. The molecule has 0 aliphatic rings. The SMILES string of the molecule is CCOC(=O)Cn1c(=NC(=O)c2cccc(NS(=O)(=O)c3ccc(OC)cc3)c2)sc2cc(Cl)ccc21. The number of aromatic nitrogens is 1. The van der Waals surface area contributed by atoms with Crippen LogP contribution in [0.15, 0.2) is 76.6 Å². The van der Waals surface area contributed by atoms with E-state index < -0.39 is 21.9 Å². The Kier molecular flexibility index (Phi) is 7.96. The van der Waals surface area contributed by atoms with Crippen LogP contribution < -0.4 is 14.3 Å². The van der Waals surface area contributed by atoms with Gasteiger partial charge in [0.05, 0.1) is 28.8 Å². The standard InChI is InChI=1S/C25H22ClN3O6S2/c1-3-35-23(30)15-29-21-12-7-17(26)14-22(21)36-25(29)27-24(31)16-5-4-6-18(13-16)28-37(32,33)20-10-8-19(34-2)9-11-20/h4-14,28H,3,15H2,1-2H3. The van der Waals surface area contributed by atoms with Crippen molar-refractivity contribution < 1.29 is 27.5 Å². The molecule has 1 aromatic heterocycles. The molecule has 0 radical (unpaired) electrons. The minimum atomic E-state index is -3.90. The van der Waals surface area contributed by atoms with E-state index in [4.69, 9.17) is 21.1 Å². The van der Waals surface area contributed by atoms with Crippen LogP contribution in [-0.2, 0) is 26.1 Å². The molecule has 0 unspecified atom stereocenters. The van der Waals surface area contributed by atoms with Crippen molar-refractivity contribution >= 4 is 60.7 Å². The lowest BCUT2D eigenvalue weighted by molar-refractivity contribution is -0.143. The summed E-state index contributed by atoms with van der Waals surface area (Å²) < 4.78 is 40.5. The number of methoxy groups -OCH3 is 1. The zero-order valence-corrected chi connectivity index (χ0v) is 22.2. The molecule has 37 heavy (non-hydrogen) atoms. The fourth-order valence-corrected chi connectivity index (χ4v) is 5.81. The fraction of sp³-hybridized carbons (Fsp3) is 0.160. The van der Waals surface area contributed by atoms with Crippen LogP contribution in [0.3, 0.4) is 0 Å². The number of thiazole rings is 1. The summed E-state index contributed by atoms with van der Waals surface area (Å²) >= 11 is 7.31. The molecule has 12 heteroatoms. The van der Waals surface area contributed by atoms with Gasteiger partial charge < -0.3 is 14.0 Å². The number of nitrogens with one attached hydrogen (secondary N) is 1. The Morgan fingerprint density at radius 3 is 2.54 bits per heavy atom. The third kappa shape index (κ3) is 6.19. The fourth-order valence-electron chi connectivity index (χ4n) is 3.46. The Bertz CT molecular complexity index is 1640. The number of hydrogen-bond acceptors (Lipinski definition) is 7. The maximum Gasteiger partial charge on any atom is 0.326 e. The van der Waals surface area contributed by atoms with Crippen molar-refractivity contribution in [3.8, 4) is 5.75 Å². The summed E-state index contributed by atoms with van der Waals surface area (Å²) in [5.74, 6) is -0.557. The highest BCUT2D eigenvalue weighted by Crippen LogP contribution is 2.23. The maximum atomic E-state index is 13.1. The van der Waals surface area contributed by atoms with Crippen molar-refractivity contribution in [3.63, 3.8) is 0 Å². The molecule has 3 aromatic carbocycles. The van der Waals surface area contributed by atoms with Gasteiger partial charge in [0.1, 0.15) is 12.3 Å². The Labute approximate surface area is 222 Å². The van der Waals surface area contributed by atoms with Crippen molar-refractivity contribution in [2.24, 2.45) is 4.99 Å². The van der Waals surface area contributed by atoms with E-state index in [1.54, 1.807) is 35.8 Å². The summed E-state index contributed by atoms with van der Waals surface area (Å²) in [6.45, 7) is 1.79. The lowest BCUT2D eigenvalue weighted by Crippen LogP contribution is -2.23. The second kappa shape index (κ2) is 11.2. The summed E-state index contributed by atoms with van der Waals surface area (Å²) in [5.41, 5.74) is 1.03. The molecule has 4 aromatic rings. The molecule has 1 heterocycles. The molecular weight excluding hydrogens is 538 g/mol. The number of benzene rings is 3. The summed E-state index contributed by atoms with van der Waals surface area (Å²) in [5, 5.41) is 0.506. The highest BCUT2D eigenvalue weighted by Gasteiger charge is 2.16. The summed E-state index contributed by atoms with van der Waals surface area (Å²) in [4.78, 5) is 29.8. The zero-order valence-electron chi connectivity index (χ0n) is 19.8. The van der Waals surface area contributed by atoms with Gasteiger partial charge in [0.15, 0.2) is 4.80 Å². The molecule has 1 N–H and O–H groups in total. The van der Waals surface area contributed by atoms with Crippen LogP contribution in [0, 0.1) is 0 Å². The van der Waals surface area contributed by atoms with Crippen LogP contribution in [0.25, 0.3) is 10.2 Å². The zero-order chi connectivity index (χ0) is 26.6. The molecule has 0 saturated heterocycles. The van der Waals surface area contributed by atoms with E-state index in [9.17, 15) is 18.0 Å². The number of fused-ring (bicyclic) bond motifs is 1. The molecule has 192 valence electrons. The molecule has 0 fully saturated rings. The third-order valence-corrected chi connectivity index (χ3v) is 7.84. The highest BCUT2D eigenvalue weighted by atomic mass is 35.5. The van der Waals surface area contributed by atoms with Crippen LogP contribution in [0.1, 0.15) is 17.3 Å². The van der Waals surface area contributed by atoms with E-state index in [1.807, 2.05) is 0 Å². The van der Waals surface area contributed by atoms with Crippen LogP contribution in [-0.4, -0.2) is 38.6 Å². The van der Waals surface area contributed by atoms with Crippen molar-refractivity contribution in [1.29, 1.82) is 0 Å². The normalized spacial score (nSPS) is 11.9. The molecule has 4 rings (SSSR count). The molecule has 0 saturated carbocycles. The number of carbonyl (C=O) groups is 2. The number of anilines is 1. The topological polar surface area (TPSA) is 116 Å². The predicted molar refractivity (Wildman–Crippen MR) is 142 cm³/mol. The highest BCUT2D eigenvalue weighted by molar-refractivity contribution is 7.92. The van der Waals surface area contributed by atoms with Crippen molar-refractivity contribution in [1.82, 2.24) is 4.57 Å². The van der Waals surface area contributed by atoms with Gasteiger partial charge in [0.2, 0.25) is 0 Å². The Hall–Kier alpha value is -3.67. The van der Waals surface area contributed by atoms with Crippen LogP contribution >= 0.6 is 22.9 Å². The number of ether oxygens (including phenoxy) is 2. The van der Waals surface area contributed by atoms with Gasteiger partial charge in [-0.1, -0.05) is 29.0 Å². The van der Waals surface area contributed by atoms with Crippen LogP contribution in [0.5, 0.6) is 5.75 Å². The number of amides is 1. The number of nitrogens with zero attached hydrogens (tertiary/aromatic N) is 2. The minimum Gasteiger partial charge on any atom is -0.497 e. The van der Waals surface area contributed by atoms with Gasteiger partial charge in [0.25, 0.3) is 15.9 Å².